The Labute approximate surface area is 172 Å². The zero-order valence-electron chi connectivity index (χ0n) is 15.8. The van der Waals surface area contributed by atoms with Gasteiger partial charge in [-0.2, -0.15) is 5.01 Å². The molecule has 0 aliphatic carbocycles. The molecule has 150 valence electrons. The summed E-state index contributed by atoms with van der Waals surface area (Å²) in [5, 5.41) is 17.2. The summed E-state index contributed by atoms with van der Waals surface area (Å²) in [7, 11) is 0. The maximum atomic E-state index is 12.9. The van der Waals surface area contributed by atoms with Crippen LogP contribution in [0.4, 0.5) is 16.2 Å². The molecule has 2 aromatic carbocycles. The minimum Gasteiger partial charge on any atom is -0.331 e. The first-order valence-corrected chi connectivity index (χ1v) is 9.23. The third-order valence-corrected chi connectivity index (χ3v) is 4.85. The topological polar surface area (TPSA) is 117 Å². The van der Waals surface area contributed by atoms with Crippen LogP contribution in [0.25, 0.3) is 0 Å². The van der Waals surface area contributed by atoms with Gasteiger partial charge in [-0.15, -0.1) is 0 Å². The van der Waals surface area contributed by atoms with Crippen molar-refractivity contribution in [3.05, 3.63) is 69.8 Å². The van der Waals surface area contributed by atoms with Crippen LogP contribution in [0.5, 0.6) is 0 Å². The molecule has 3 rings (SSSR count). The van der Waals surface area contributed by atoms with Gasteiger partial charge < -0.3 is 10.6 Å². The largest absolute Gasteiger partial charge is 0.344 e. The Morgan fingerprint density at radius 2 is 1.93 bits per heavy atom. The number of aryl methyl sites for hydroxylation is 1. The van der Waals surface area contributed by atoms with Crippen molar-refractivity contribution in [2.45, 2.75) is 25.8 Å². The average Bonchev–Trinajstić information content (AvgIpc) is 2.92. The van der Waals surface area contributed by atoms with Gasteiger partial charge in [0.1, 0.15) is 5.54 Å². The van der Waals surface area contributed by atoms with Gasteiger partial charge in [-0.3, -0.25) is 20.3 Å². The van der Waals surface area contributed by atoms with Crippen LogP contribution in [-0.2, 0) is 16.8 Å². The van der Waals surface area contributed by atoms with E-state index in [0.29, 0.717) is 5.56 Å². The summed E-state index contributed by atoms with van der Waals surface area (Å²) < 4.78 is 0. The molecule has 0 spiro atoms. The van der Waals surface area contributed by atoms with E-state index >= 15 is 0 Å². The van der Waals surface area contributed by atoms with Gasteiger partial charge in [0.25, 0.3) is 11.6 Å². The van der Waals surface area contributed by atoms with Crippen LogP contribution in [0.2, 0.25) is 0 Å². The lowest BCUT2D eigenvalue weighted by Gasteiger charge is -2.22. The second-order valence-corrected chi connectivity index (χ2v) is 7.03. The van der Waals surface area contributed by atoms with Crippen molar-refractivity contribution >= 4 is 40.6 Å². The summed E-state index contributed by atoms with van der Waals surface area (Å²) in [6.07, 6.45) is 0.857. The molecule has 2 aromatic rings. The number of amides is 3. The van der Waals surface area contributed by atoms with E-state index in [1.807, 2.05) is 31.2 Å². The van der Waals surface area contributed by atoms with Gasteiger partial charge in [0, 0.05) is 17.8 Å². The van der Waals surface area contributed by atoms with Crippen LogP contribution in [0.1, 0.15) is 25.0 Å². The summed E-state index contributed by atoms with van der Waals surface area (Å²) in [4.78, 5) is 35.6. The molecule has 0 bridgehead atoms. The van der Waals surface area contributed by atoms with Crippen molar-refractivity contribution in [3.8, 4) is 0 Å². The number of urea groups is 1. The van der Waals surface area contributed by atoms with Crippen molar-refractivity contribution < 1.29 is 14.5 Å². The van der Waals surface area contributed by atoms with Gasteiger partial charge in [0.05, 0.1) is 4.92 Å². The molecule has 1 aliphatic heterocycles. The Balaban J connectivity index is 1.74. The number of nitro groups is 1. The number of carbonyl (C=O) groups excluding carboxylic acids is 2. The van der Waals surface area contributed by atoms with Crippen LogP contribution >= 0.6 is 12.2 Å². The Bertz CT molecular complexity index is 994. The van der Waals surface area contributed by atoms with Gasteiger partial charge in [0.15, 0.2) is 5.11 Å². The number of hydrogen-bond donors (Lipinski definition) is 3. The lowest BCUT2D eigenvalue weighted by atomic mass is 9.92. The lowest BCUT2D eigenvalue weighted by molar-refractivity contribution is -0.384. The van der Waals surface area contributed by atoms with Crippen LogP contribution in [0.3, 0.4) is 0 Å². The van der Waals surface area contributed by atoms with Crippen LogP contribution in [-0.4, -0.2) is 27.0 Å². The number of thiocarbonyl (C=S) groups is 1. The summed E-state index contributed by atoms with van der Waals surface area (Å²) in [5.41, 5.74) is 3.37. The summed E-state index contributed by atoms with van der Waals surface area (Å²) in [6, 6.07) is 12.4. The van der Waals surface area contributed by atoms with E-state index in [1.165, 1.54) is 31.2 Å². The fourth-order valence-corrected chi connectivity index (χ4v) is 3.19. The number of imide groups is 1. The highest BCUT2D eigenvalue weighted by molar-refractivity contribution is 7.80. The molecular formula is C19H19N5O4S. The predicted octanol–water partition coefficient (Wildman–Crippen LogP) is 2.83. The molecule has 0 aromatic heterocycles. The number of hydrogen-bond acceptors (Lipinski definition) is 5. The minimum atomic E-state index is -1.38. The van der Waals surface area contributed by atoms with Crippen molar-refractivity contribution in [3.63, 3.8) is 0 Å². The van der Waals surface area contributed by atoms with Gasteiger partial charge in [-0.05, 0) is 61.0 Å². The number of non-ortho nitro benzene ring substituents is 1. The summed E-state index contributed by atoms with van der Waals surface area (Å²) >= 11 is 5.22. The molecular weight excluding hydrogens is 394 g/mol. The molecule has 1 saturated heterocycles. The zero-order chi connectivity index (χ0) is 21.2. The highest BCUT2D eigenvalue weighted by atomic mass is 32.1. The molecule has 1 fully saturated rings. The first-order chi connectivity index (χ1) is 13.7. The molecule has 0 radical (unpaired) electrons. The zero-order valence-corrected chi connectivity index (χ0v) is 16.6. The Morgan fingerprint density at radius 1 is 1.24 bits per heavy atom. The first kappa shape index (κ1) is 20.2. The number of anilines is 1. The minimum absolute atomic E-state index is 0.0784. The SMILES string of the molecule is CCc1cccc(NC(=S)NN2C(=O)N[C@@](C)(c3ccc([N+](=O)[O-])cc3)C2=O)c1. The number of benzene rings is 2. The number of nitro benzene ring substituents is 1. The molecule has 0 unspecified atom stereocenters. The number of rotatable bonds is 5. The maximum absolute atomic E-state index is 12.9. The lowest BCUT2D eigenvalue weighted by Crippen LogP contribution is -2.49. The fourth-order valence-electron chi connectivity index (χ4n) is 2.98. The van der Waals surface area contributed by atoms with E-state index in [9.17, 15) is 19.7 Å². The van der Waals surface area contributed by atoms with E-state index < -0.39 is 22.4 Å². The van der Waals surface area contributed by atoms with Crippen molar-refractivity contribution in [2.75, 3.05) is 5.32 Å². The third-order valence-electron chi connectivity index (χ3n) is 4.65. The van der Waals surface area contributed by atoms with E-state index in [1.54, 1.807) is 0 Å². The Kier molecular flexibility index (Phi) is 5.46. The number of nitrogens with zero attached hydrogens (tertiary/aromatic N) is 2. The maximum Gasteiger partial charge on any atom is 0.344 e. The molecule has 3 N–H and O–H groups in total. The quantitative estimate of drug-likeness (QED) is 0.299. The molecule has 3 amide bonds. The number of hydrazine groups is 1. The van der Waals surface area contributed by atoms with E-state index in [4.69, 9.17) is 12.2 Å². The molecule has 9 nitrogen and oxygen atoms in total. The Hall–Kier alpha value is -3.53. The second kappa shape index (κ2) is 7.84. The molecule has 29 heavy (non-hydrogen) atoms. The van der Waals surface area contributed by atoms with E-state index in [-0.39, 0.29) is 10.8 Å². The summed E-state index contributed by atoms with van der Waals surface area (Å²) in [5.74, 6) is -0.581. The average molecular weight is 413 g/mol. The van der Waals surface area contributed by atoms with Gasteiger partial charge in [-0.1, -0.05) is 19.1 Å². The predicted molar refractivity (Wildman–Crippen MR) is 111 cm³/mol. The van der Waals surface area contributed by atoms with Gasteiger partial charge in [-0.25, -0.2) is 4.79 Å². The third kappa shape index (κ3) is 4.02. The monoisotopic (exact) mass is 413 g/mol. The standard InChI is InChI=1S/C19H19N5O4S/c1-3-12-5-4-6-14(11-12)20-17(29)22-23-16(25)19(2,21-18(23)26)13-7-9-15(10-8-13)24(27)28/h4-11H,3H2,1-2H3,(H,21,26)(H2,20,22,29)/t19-/m0/s1. The molecule has 0 saturated carbocycles. The Morgan fingerprint density at radius 3 is 2.55 bits per heavy atom. The number of nitrogens with one attached hydrogen (secondary N) is 3. The van der Waals surface area contributed by atoms with Crippen LogP contribution in [0.15, 0.2) is 48.5 Å². The van der Waals surface area contributed by atoms with Crippen molar-refractivity contribution in [1.29, 1.82) is 0 Å². The van der Waals surface area contributed by atoms with Crippen molar-refractivity contribution in [2.24, 2.45) is 0 Å². The summed E-state index contributed by atoms with van der Waals surface area (Å²) in [6.45, 7) is 3.55. The van der Waals surface area contributed by atoms with Crippen LogP contribution in [0, 0.1) is 10.1 Å². The number of carbonyl (C=O) groups is 2. The molecule has 10 heteroatoms. The fraction of sp³-hybridized carbons (Fsp3) is 0.211. The van der Waals surface area contributed by atoms with Crippen LogP contribution < -0.4 is 16.1 Å². The first-order valence-electron chi connectivity index (χ1n) is 8.83. The van der Waals surface area contributed by atoms with Gasteiger partial charge in [0.2, 0.25) is 0 Å². The van der Waals surface area contributed by atoms with Gasteiger partial charge >= 0.3 is 6.03 Å². The normalized spacial score (nSPS) is 18.3. The molecule has 1 aliphatic rings. The smallest absolute Gasteiger partial charge is 0.331 e. The van der Waals surface area contributed by atoms with Crippen molar-refractivity contribution in [1.82, 2.24) is 15.8 Å². The van der Waals surface area contributed by atoms with E-state index in [0.717, 1.165) is 22.7 Å². The molecule has 1 heterocycles. The van der Waals surface area contributed by atoms with E-state index in [2.05, 4.69) is 16.1 Å². The highest BCUT2D eigenvalue weighted by Crippen LogP contribution is 2.29. The molecule has 1 atom stereocenters. The second-order valence-electron chi connectivity index (χ2n) is 6.62. The highest BCUT2D eigenvalue weighted by Gasteiger charge is 2.49.